The molecule has 0 fully saturated rings. The van der Waals surface area contributed by atoms with Crippen LogP contribution < -0.4 is 0 Å². The Kier molecular flexibility index (Phi) is 6.14. The molecule has 0 radical (unpaired) electrons. The summed E-state index contributed by atoms with van der Waals surface area (Å²) in [6.45, 7) is 1.75. The number of likely N-dealkylation sites (N-methyl/N-ethyl adjacent to an activating group) is 1. The van der Waals surface area contributed by atoms with Gasteiger partial charge in [0.2, 0.25) is 0 Å². The second-order valence-corrected chi connectivity index (χ2v) is 7.37. The summed E-state index contributed by atoms with van der Waals surface area (Å²) in [5, 5.41) is 9.88. The van der Waals surface area contributed by atoms with Crippen molar-refractivity contribution in [3.05, 3.63) is 53.6 Å². The number of aliphatic hydroxyl groups excluding tert-OH is 1. The molecule has 3 nitrogen and oxygen atoms in total. The molecule has 0 aliphatic carbocycles. The van der Waals surface area contributed by atoms with Crippen molar-refractivity contribution in [1.29, 1.82) is 0 Å². The molecule has 0 unspecified atom stereocenters. The smallest absolute Gasteiger partial charge is 0.395 e. The summed E-state index contributed by atoms with van der Waals surface area (Å²) in [5.74, 6) is 0. The molecule has 3 rings (SSSR count). The van der Waals surface area contributed by atoms with E-state index >= 15 is 0 Å². The van der Waals surface area contributed by atoms with E-state index in [1.807, 2.05) is 13.1 Å². The van der Waals surface area contributed by atoms with E-state index < -0.39 is 11.7 Å². The van der Waals surface area contributed by atoms with E-state index in [-0.39, 0.29) is 6.61 Å². The van der Waals surface area contributed by atoms with Crippen LogP contribution in [-0.4, -0.2) is 41.1 Å². The first-order valence-corrected chi connectivity index (χ1v) is 9.51. The molecular formula is C20H21F3N2OS. The quantitative estimate of drug-likeness (QED) is 0.623. The maximum atomic E-state index is 12.7. The molecule has 0 aliphatic heterocycles. The molecular weight excluding hydrogens is 373 g/mol. The highest BCUT2D eigenvalue weighted by Crippen LogP contribution is 2.34. The standard InChI is InChI=1S/C20H21F3N2OS/c1-25(11-12-26)10-2-3-14-4-9-17-18(13-14)27-24-19(17)15-5-7-16(8-6-15)20(21,22)23/h4-9,13,26H,2-3,10-12H2,1H3. The number of aliphatic hydroxyl groups is 1. The average molecular weight is 394 g/mol. The Morgan fingerprint density at radius 3 is 2.48 bits per heavy atom. The largest absolute Gasteiger partial charge is 0.416 e. The van der Waals surface area contributed by atoms with Gasteiger partial charge in [0.15, 0.2) is 0 Å². The molecule has 7 heteroatoms. The van der Waals surface area contributed by atoms with Crippen LogP contribution in [-0.2, 0) is 12.6 Å². The van der Waals surface area contributed by atoms with Crippen molar-refractivity contribution in [1.82, 2.24) is 9.27 Å². The number of benzene rings is 2. The first-order chi connectivity index (χ1) is 12.9. The Hall–Kier alpha value is -1.96. The van der Waals surface area contributed by atoms with Gasteiger partial charge < -0.3 is 10.0 Å². The fraction of sp³-hybridized carbons (Fsp3) is 0.350. The Bertz CT molecular complexity index is 890. The van der Waals surface area contributed by atoms with E-state index in [0.29, 0.717) is 12.1 Å². The maximum absolute atomic E-state index is 12.7. The van der Waals surface area contributed by atoms with Gasteiger partial charge in [-0.3, -0.25) is 0 Å². The molecule has 2 aromatic carbocycles. The fourth-order valence-electron chi connectivity index (χ4n) is 3.00. The Balaban J connectivity index is 1.74. The highest BCUT2D eigenvalue weighted by molar-refractivity contribution is 7.13. The number of halogens is 3. The lowest BCUT2D eigenvalue weighted by molar-refractivity contribution is -0.137. The molecule has 1 heterocycles. The van der Waals surface area contributed by atoms with Gasteiger partial charge in [0.05, 0.1) is 22.6 Å². The summed E-state index contributed by atoms with van der Waals surface area (Å²) < 4.78 is 43.7. The molecule has 1 N–H and O–H groups in total. The third-order valence-electron chi connectivity index (χ3n) is 4.51. The lowest BCUT2D eigenvalue weighted by atomic mass is 10.0. The summed E-state index contributed by atoms with van der Waals surface area (Å²) in [7, 11) is 1.99. The van der Waals surface area contributed by atoms with E-state index in [9.17, 15) is 13.2 Å². The summed E-state index contributed by atoms with van der Waals surface area (Å²) in [6, 6.07) is 11.3. The molecule has 0 spiro atoms. The molecule has 144 valence electrons. The maximum Gasteiger partial charge on any atom is 0.416 e. The number of aromatic nitrogens is 1. The zero-order valence-corrected chi connectivity index (χ0v) is 15.8. The Labute approximate surface area is 160 Å². The van der Waals surface area contributed by atoms with E-state index in [0.717, 1.165) is 47.3 Å². The van der Waals surface area contributed by atoms with Crippen molar-refractivity contribution in [3.8, 4) is 11.3 Å². The van der Waals surface area contributed by atoms with E-state index in [1.54, 1.807) is 0 Å². The van der Waals surface area contributed by atoms with Crippen LogP contribution in [0.25, 0.3) is 21.3 Å². The molecule has 1 aromatic heterocycles. The fourth-order valence-corrected chi connectivity index (χ4v) is 3.86. The van der Waals surface area contributed by atoms with Crippen molar-refractivity contribution in [3.63, 3.8) is 0 Å². The van der Waals surface area contributed by atoms with Crippen LogP contribution in [0.4, 0.5) is 13.2 Å². The number of alkyl halides is 3. The number of hydrogen-bond donors (Lipinski definition) is 1. The van der Waals surface area contributed by atoms with Crippen LogP contribution in [0.3, 0.4) is 0 Å². The summed E-state index contributed by atoms with van der Waals surface area (Å²) in [5.41, 5.74) is 1.97. The van der Waals surface area contributed by atoms with Crippen molar-refractivity contribution in [2.24, 2.45) is 0 Å². The monoisotopic (exact) mass is 394 g/mol. The van der Waals surface area contributed by atoms with Crippen LogP contribution in [0.5, 0.6) is 0 Å². The Morgan fingerprint density at radius 2 is 1.81 bits per heavy atom. The van der Waals surface area contributed by atoms with E-state index in [2.05, 4.69) is 21.4 Å². The first kappa shape index (κ1) is 19.8. The summed E-state index contributed by atoms with van der Waals surface area (Å²) >= 11 is 1.36. The van der Waals surface area contributed by atoms with Gasteiger partial charge in [-0.25, -0.2) is 0 Å². The number of rotatable bonds is 7. The van der Waals surface area contributed by atoms with Crippen LogP contribution in [0.2, 0.25) is 0 Å². The molecule has 0 bridgehead atoms. The zero-order valence-electron chi connectivity index (χ0n) is 15.0. The molecule has 0 amide bonds. The predicted molar refractivity (Wildman–Crippen MR) is 103 cm³/mol. The second kappa shape index (κ2) is 8.37. The van der Waals surface area contributed by atoms with Gasteiger partial charge in [-0.05, 0) is 61.7 Å². The zero-order chi connectivity index (χ0) is 19.4. The lowest BCUT2D eigenvalue weighted by Crippen LogP contribution is -2.23. The minimum Gasteiger partial charge on any atom is -0.395 e. The minimum atomic E-state index is -4.33. The van der Waals surface area contributed by atoms with Crippen LogP contribution in [0.15, 0.2) is 42.5 Å². The van der Waals surface area contributed by atoms with Crippen LogP contribution in [0.1, 0.15) is 17.5 Å². The van der Waals surface area contributed by atoms with Gasteiger partial charge in [-0.1, -0.05) is 24.3 Å². The van der Waals surface area contributed by atoms with Gasteiger partial charge >= 0.3 is 6.18 Å². The number of nitrogens with zero attached hydrogens (tertiary/aromatic N) is 2. The van der Waals surface area contributed by atoms with Crippen molar-refractivity contribution >= 4 is 21.6 Å². The molecule has 0 aliphatic rings. The summed E-state index contributed by atoms with van der Waals surface area (Å²) in [4.78, 5) is 2.09. The molecule has 0 saturated heterocycles. The average Bonchev–Trinajstić information content (AvgIpc) is 3.04. The lowest BCUT2D eigenvalue weighted by Gasteiger charge is -2.14. The van der Waals surface area contributed by atoms with Crippen molar-refractivity contribution in [2.75, 3.05) is 26.7 Å². The first-order valence-electron chi connectivity index (χ1n) is 8.74. The molecule has 0 atom stereocenters. The van der Waals surface area contributed by atoms with Crippen LogP contribution in [0, 0.1) is 0 Å². The normalized spacial score (nSPS) is 12.2. The van der Waals surface area contributed by atoms with Gasteiger partial charge in [-0.2, -0.15) is 17.5 Å². The minimum absolute atomic E-state index is 0.163. The highest BCUT2D eigenvalue weighted by Gasteiger charge is 2.30. The third-order valence-corrected chi connectivity index (χ3v) is 5.32. The number of hydrogen-bond acceptors (Lipinski definition) is 4. The van der Waals surface area contributed by atoms with Gasteiger partial charge in [0.1, 0.15) is 0 Å². The number of fused-ring (bicyclic) bond motifs is 1. The van der Waals surface area contributed by atoms with Crippen molar-refractivity contribution < 1.29 is 18.3 Å². The van der Waals surface area contributed by atoms with E-state index in [1.165, 1.54) is 29.2 Å². The second-order valence-electron chi connectivity index (χ2n) is 6.57. The summed E-state index contributed by atoms with van der Waals surface area (Å²) in [6.07, 6.45) is -2.41. The predicted octanol–water partition coefficient (Wildman–Crippen LogP) is 4.84. The third kappa shape index (κ3) is 4.86. The SMILES string of the molecule is CN(CCO)CCCc1ccc2c(-c3ccc(C(F)(F)F)cc3)nsc2c1. The van der Waals surface area contributed by atoms with Crippen molar-refractivity contribution in [2.45, 2.75) is 19.0 Å². The Morgan fingerprint density at radius 1 is 1.07 bits per heavy atom. The van der Waals surface area contributed by atoms with Gasteiger partial charge in [0, 0.05) is 17.5 Å². The van der Waals surface area contributed by atoms with E-state index in [4.69, 9.17) is 5.11 Å². The topological polar surface area (TPSA) is 36.4 Å². The van der Waals surface area contributed by atoms with Gasteiger partial charge in [-0.15, -0.1) is 0 Å². The highest BCUT2D eigenvalue weighted by atomic mass is 32.1. The van der Waals surface area contributed by atoms with Gasteiger partial charge in [0.25, 0.3) is 0 Å². The molecule has 27 heavy (non-hydrogen) atoms. The molecule has 0 saturated carbocycles. The van der Waals surface area contributed by atoms with Crippen LogP contribution >= 0.6 is 11.5 Å². The number of aryl methyl sites for hydroxylation is 1. The molecule has 3 aromatic rings.